The highest BCUT2D eigenvalue weighted by molar-refractivity contribution is 7.98. The molecule has 3 rings (SSSR count). The van der Waals surface area contributed by atoms with Crippen molar-refractivity contribution in [3.63, 3.8) is 0 Å². The zero-order valence-corrected chi connectivity index (χ0v) is 12.6. The maximum absolute atomic E-state index is 4.26. The standard InChI is InChI=1S/C13H13N5S2/c1-18-12(8-10-4-2-7-19-10)16-17-13(18)20-9-11-14-5-3-6-15-11/h2-7H,8-9H2,1H3. The second-order valence-corrected chi connectivity index (χ2v) is 6.14. The molecular weight excluding hydrogens is 290 g/mol. The molecule has 0 atom stereocenters. The molecule has 0 fully saturated rings. The van der Waals surface area contributed by atoms with Gasteiger partial charge in [0.25, 0.3) is 0 Å². The van der Waals surface area contributed by atoms with Crippen LogP contribution in [0.15, 0.2) is 41.1 Å². The lowest BCUT2D eigenvalue weighted by molar-refractivity contribution is 0.750. The molecule has 0 spiro atoms. The summed E-state index contributed by atoms with van der Waals surface area (Å²) in [4.78, 5) is 9.70. The fourth-order valence-electron chi connectivity index (χ4n) is 1.73. The summed E-state index contributed by atoms with van der Waals surface area (Å²) in [6.07, 6.45) is 4.33. The number of aromatic nitrogens is 5. The largest absolute Gasteiger partial charge is 0.309 e. The second-order valence-electron chi connectivity index (χ2n) is 4.17. The molecule has 0 amide bonds. The minimum atomic E-state index is 0.700. The molecule has 3 heterocycles. The van der Waals surface area contributed by atoms with Gasteiger partial charge in [-0.3, -0.25) is 0 Å². The van der Waals surface area contributed by atoms with Crippen molar-refractivity contribution in [2.45, 2.75) is 17.3 Å². The van der Waals surface area contributed by atoms with E-state index in [0.29, 0.717) is 5.75 Å². The summed E-state index contributed by atoms with van der Waals surface area (Å²) in [6.45, 7) is 0. The lowest BCUT2D eigenvalue weighted by atomic mass is 10.3. The van der Waals surface area contributed by atoms with Crippen molar-refractivity contribution in [3.8, 4) is 0 Å². The predicted octanol–water partition coefficient (Wildman–Crippen LogP) is 2.55. The van der Waals surface area contributed by atoms with Gasteiger partial charge < -0.3 is 4.57 Å². The van der Waals surface area contributed by atoms with Gasteiger partial charge in [-0.15, -0.1) is 21.5 Å². The molecule has 0 bridgehead atoms. The highest BCUT2D eigenvalue weighted by atomic mass is 32.2. The van der Waals surface area contributed by atoms with E-state index >= 15 is 0 Å². The molecular formula is C13H13N5S2. The van der Waals surface area contributed by atoms with Crippen LogP contribution in [0, 0.1) is 0 Å². The summed E-state index contributed by atoms with van der Waals surface area (Å²) in [7, 11) is 2.00. The van der Waals surface area contributed by atoms with Crippen molar-refractivity contribution in [2.24, 2.45) is 7.05 Å². The fraction of sp³-hybridized carbons (Fsp3) is 0.231. The Balaban J connectivity index is 1.67. The molecule has 0 unspecified atom stereocenters. The molecule has 102 valence electrons. The minimum absolute atomic E-state index is 0.700. The van der Waals surface area contributed by atoms with Crippen molar-refractivity contribution in [1.29, 1.82) is 0 Å². The molecule has 0 saturated heterocycles. The molecule has 3 aromatic heterocycles. The van der Waals surface area contributed by atoms with Gasteiger partial charge in [0.1, 0.15) is 11.6 Å². The average Bonchev–Trinajstić information content (AvgIpc) is 3.10. The maximum atomic E-state index is 4.26. The van der Waals surface area contributed by atoms with Gasteiger partial charge in [-0.25, -0.2) is 9.97 Å². The van der Waals surface area contributed by atoms with Crippen molar-refractivity contribution in [3.05, 3.63) is 52.5 Å². The van der Waals surface area contributed by atoms with E-state index in [0.717, 1.165) is 23.2 Å². The minimum Gasteiger partial charge on any atom is -0.309 e. The SMILES string of the molecule is Cn1c(Cc2cccs2)nnc1SCc1ncccn1. The highest BCUT2D eigenvalue weighted by Crippen LogP contribution is 2.21. The van der Waals surface area contributed by atoms with Crippen LogP contribution < -0.4 is 0 Å². The molecule has 0 aromatic carbocycles. The van der Waals surface area contributed by atoms with Crippen LogP contribution in [0.2, 0.25) is 0 Å². The smallest absolute Gasteiger partial charge is 0.191 e. The summed E-state index contributed by atoms with van der Waals surface area (Å²) in [5.41, 5.74) is 0. The summed E-state index contributed by atoms with van der Waals surface area (Å²) >= 11 is 3.34. The molecule has 0 N–H and O–H groups in total. The molecule has 3 aromatic rings. The molecule has 0 radical (unpaired) electrons. The zero-order valence-electron chi connectivity index (χ0n) is 10.9. The van der Waals surface area contributed by atoms with E-state index in [1.807, 2.05) is 17.7 Å². The Bertz CT molecular complexity index is 663. The van der Waals surface area contributed by atoms with E-state index in [4.69, 9.17) is 0 Å². The van der Waals surface area contributed by atoms with E-state index < -0.39 is 0 Å². The van der Waals surface area contributed by atoms with Gasteiger partial charge in [-0.05, 0) is 17.5 Å². The van der Waals surface area contributed by atoms with Crippen molar-refractivity contribution >= 4 is 23.1 Å². The summed E-state index contributed by atoms with van der Waals surface area (Å²) in [6, 6.07) is 5.98. The molecule has 5 nitrogen and oxygen atoms in total. The van der Waals surface area contributed by atoms with Gasteiger partial charge in [-0.2, -0.15) is 0 Å². The van der Waals surface area contributed by atoms with Gasteiger partial charge in [0.05, 0.1) is 5.75 Å². The van der Waals surface area contributed by atoms with Gasteiger partial charge in [0.2, 0.25) is 0 Å². The van der Waals surface area contributed by atoms with Crippen LogP contribution in [0.25, 0.3) is 0 Å². The Labute approximate surface area is 125 Å². The molecule has 0 aliphatic rings. The number of hydrogen-bond donors (Lipinski definition) is 0. The number of rotatable bonds is 5. The quantitative estimate of drug-likeness (QED) is 0.678. The highest BCUT2D eigenvalue weighted by Gasteiger charge is 2.10. The van der Waals surface area contributed by atoms with Crippen LogP contribution >= 0.6 is 23.1 Å². The van der Waals surface area contributed by atoms with Crippen molar-refractivity contribution in [2.75, 3.05) is 0 Å². The third-order valence-corrected chi connectivity index (χ3v) is 4.68. The molecule has 0 saturated carbocycles. The Kier molecular flexibility index (Phi) is 4.08. The van der Waals surface area contributed by atoms with Crippen LogP contribution in [0.1, 0.15) is 16.5 Å². The Morgan fingerprint density at radius 2 is 2.05 bits per heavy atom. The first-order chi connectivity index (χ1) is 9.83. The van der Waals surface area contributed by atoms with Gasteiger partial charge >= 0.3 is 0 Å². The Morgan fingerprint density at radius 3 is 2.80 bits per heavy atom. The second kappa shape index (κ2) is 6.15. The first kappa shape index (κ1) is 13.3. The molecule has 20 heavy (non-hydrogen) atoms. The van der Waals surface area contributed by atoms with E-state index in [9.17, 15) is 0 Å². The lowest BCUT2D eigenvalue weighted by Gasteiger charge is -2.02. The van der Waals surface area contributed by atoms with Gasteiger partial charge in [0.15, 0.2) is 5.16 Å². The van der Waals surface area contributed by atoms with Crippen molar-refractivity contribution in [1.82, 2.24) is 24.7 Å². The number of thioether (sulfide) groups is 1. The Hall–Kier alpha value is -1.73. The third-order valence-electron chi connectivity index (χ3n) is 2.79. The first-order valence-electron chi connectivity index (χ1n) is 6.12. The van der Waals surface area contributed by atoms with Gasteiger partial charge in [0, 0.05) is 30.7 Å². The van der Waals surface area contributed by atoms with E-state index in [2.05, 4.69) is 37.7 Å². The monoisotopic (exact) mass is 303 g/mol. The average molecular weight is 303 g/mol. The van der Waals surface area contributed by atoms with Gasteiger partial charge in [-0.1, -0.05) is 17.8 Å². The number of hydrogen-bond acceptors (Lipinski definition) is 6. The van der Waals surface area contributed by atoms with Crippen LogP contribution in [0.5, 0.6) is 0 Å². The van der Waals surface area contributed by atoms with Crippen molar-refractivity contribution < 1.29 is 0 Å². The van der Waals surface area contributed by atoms with E-state index in [-0.39, 0.29) is 0 Å². The number of thiophene rings is 1. The zero-order chi connectivity index (χ0) is 13.8. The Morgan fingerprint density at radius 1 is 1.20 bits per heavy atom. The summed E-state index contributed by atoms with van der Waals surface area (Å²) < 4.78 is 2.04. The molecule has 0 aliphatic heterocycles. The van der Waals surface area contributed by atoms with Crippen LogP contribution in [0.3, 0.4) is 0 Å². The fourth-order valence-corrected chi connectivity index (χ4v) is 3.23. The number of nitrogens with zero attached hydrogens (tertiary/aromatic N) is 5. The topological polar surface area (TPSA) is 56.5 Å². The summed E-state index contributed by atoms with van der Waals surface area (Å²) in [5, 5.41) is 11.5. The lowest BCUT2D eigenvalue weighted by Crippen LogP contribution is -2.00. The summed E-state index contributed by atoms with van der Waals surface area (Å²) in [5.74, 6) is 2.48. The van der Waals surface area contributed by atoms with E-state index in [1.54, 1.807) is 35.5 Å². The van der Waals surface area contributed by atoms with Crippen LogP contribution in [-0.4, -0.2) is 24.7 Å². The third kappa shape index (κ3) is 3.05. The van der Waals surface area contributed by atoms with Crippen LogP contribution in [0.4, 0.5) is 0 Å². The van der Waals surface area contributed by atoms with Crippen LogP contribution in [-0.2, 0) is 19.2 Å². The first-order valence-corrected chi connectivity index (χ1v) is 7.99. The molecule has 7 heteroatoms. The maximum Gasteiger partial charge on any atom is 0.191 e. The predicted molar refractivity (Wildman–Crippen MR) is 79.7 cm³/mol. The normalized spacial score (nSPS) is 10.8. The molecule has 0 aliphatic carbocycles. The van der Waals surface area contributed by atoms with E-state index in [1.165, 1.54) is 4.88 Å².